The lowest BCUT2D eigenvalue weighted by Gasteiger charge is -2.29. The Balaban J connectivity index is 0.000000228. The van der Waals surface area contributed by atoms with Crippen molar-refractivity contribution < 1.29 is 0 Å². The average Bonchev–Trinajstić information content (AvgIpc) is 3.16. The van der Waals surface area contributed by atoms with Crippen molar-refractivity contribution in [1.82, 2.24) is 0 Å². The average molecular weight is 1230 g/mol. The van der Waals surface area contributed by atoms with Crippen molar-refractivity contribution in [3.63, 3.8) is 0 Å². The predicted molar refractivity (Wildman–Crippen MR) is 292 cm³/mol. The molecular formula is C52H57Br4Cl2IN2. The molecule has 0 aliphatic rings. The SMILES string of the molecule is CC(C)(C)c1ccc(N(c2ccc(C(C)(C)C)cc2)c2cc(Cl)cc(Br)c2Br)cc1.CC(C)(C)c1ccc(Nc2ccc(C(C)(C)C)cc2)cc1.Clc1cc(Br)c(Br)c(I)c1. The zero-order valence-electron chi connectivity index (χ0n) is 37.1. The van der Waals surface area contributed by atoms with Crippen LogP contribution in [0.1, 0.15) is 105 Å². The van der Waals surface area contributed by atoms with Crippen molar-refractivity contribution in [3.05, 3.63) is 175 Å². The van der Waals surface area contributed by atoms with Crippen LogP contribution in [-0.2, 0) is 21.7 Å². The molecule has 0 aromatic heterocycles. The molecule has 0 amide bonds. The van der Waals surface area contributed by atoms with Gasteiger partial charge in [-0.15, -0.1) is 0 Å². The van der Waals surface area contributed by atoms with Gasteiger partial charge >= 0.3 is 0 Å². The number of nitrogens with zero attached hydrogens (tertiary/aromatic N) is 1. The first-order chi connectivity index (χ1) is 28.1. The van der Waals surface area contributed by atoms with E-state index in [0.29, 0.717) is 5.02 Å². The Bertz CT molecular complexity index is 2230. The molecule has 0 bridgehead atoms. The van der Waals surface area contributed by atoms with Gasteiger partial charge in [0.25, 0.3) is 0 Å². The Kier molecular flexibility index (Phi) is 18.2. The number of hydrogen-bond donors (Lipinski definition) is 1. The van der Waals surface area contributed by atoms with Crippen LogP contribution in [0.5, 0.6) is 0 Å². The van der Waals surface area contributed by atoms with Crippen molar-refractivity contribution >= 4 is 138 Å². The summed E-state index contributed by atoms with van der Waals surface area (Å²) in [4.78, 5) is 2.24. The monoisotopic (exact) mass is 1220 g/mol. The molecule has 0 saturated carbocycles. The predicted octanol–water partition coefficient (Wildman–Crippen LogP) is 20.4. The fraction of sp³-hybridized carbons (Fsp3) is 0.308. The fourth-order valence-corrected chi connectivity index (χ4v) is 9.57. The molecule has 0 aliphatic carbocycles. The van der Waals surface area contributed by atoms with E-state index in [1.807, 2.05) is 24.3 Å². The van der Waals surface area contributed by atoms with E-state index < -0.39 is 0 Å². The quantitative estimate of drug-likeness (QED) is 0.105. The second kappa shape index (κ2) is 21.4. The van der Waals surface area contributed by atoms with Crippen molar-refractivity contribution in [3.8, 4) is 0 Å². The van der Waals surface area contributed by atoms with Gasteiger partial charge in [0.2, 0.25) is 0 Å². The first-order valence-electron chi connectivity index (χ1n) is 20.1. The van der Waals surface area contributed by atoms with Crippen LogP contribution in [0.15, 0.2) is 139 Å². The molecule has 0 saturated heterocycles. The highest BCUT2D eigenvalue weighted by atomic mass is 127. The number of hydrogen-bond acceptors (Lipinski definition) is 2. The van der Waals surface area contributed by atoms with E-state index in [9.17, 15) is 0 Å². The molecule has 0 atom stereocenters. The summed E-state index contributed by atoms with van der Waals surface area (Å²) in [5.74, 6) is 0. The van der Waals surface area contributed by atoms with Gasteiger partial charge in [0.05, 0.1) is 10.2 Å². The third-order valence-corrected chi connectivity index (χ3v) is 16.0. The zero-order chi connectivity index (χ0) is 45.7. The minimum atomic E-state index is 0.109. The molecular weight excluding hydrogens is 1170 g/mol. The van der Waals surface area contributed by atoms with E-state index in [2.05, 4.69) is 277 Å². The Morgan fingerprint density at radius 1 is 0.426 bits per heavy atom. The third kappa shape index (κ3) is 15.1. The largest absolute Gasteiger partial charge is 0.356 e. The molecule has 9 heteroatoms. The zero-order valence-corrected chi connectivity index (χ0v) is 47.2. The van der Waals surface area contributed by atoms with Crippen LogP contribution in [-0.4, -0.2) is 0 Å². The molecule has 0 fully saturated rings. The van der Waals surface area contributed by atoms with E-state index in [4.69, 9.17) is 23.2 Å². The molecule has 0 unspecified atom stereocenters. The Hall–Kier alpha value is -1.85. The summed E-state index contributed by atoms with van der Waals surface area (Å²) in [5.41, 5.74) is 11.4. The lowest BCUT2D eigenvalue weighted by Crippen LogP contribution is -2.14. The van der Waals surface area contributed by atoms with Gasteiger partial charge < -0.3 is 10.2 Å². The minimum absolute atomic E-state index is 0.109. The second-order valence-electron chi connectivity index (χ2n) is 19.1. The van der Waals surface area contributed by atoms with E-state index in [1.54, 1.807) is 0 Å². The number of benzene rings is 6. The van der Waals surface area contributed by atoms with E-state index >= 15 is 0 Å². The molecule has 0 spiro atoms. The topological polar surface area (TPSA) is 15.3 Å². The van der Waals surface area contributed by atoms with Crippen LogP contribution in [0.25, 0.3) is 0 Å². The highest BCUT2D eigenvalue weighted by Gasteiger charge is 2.21. The second-order valence-corrected chi connectivity index (χ2v) is 24.4. The van der Waals surface area contributed by atoms with Gasteiger partial charge in [-0.3, -0.25) is 0 Å². The Morgan fingerprint density at radius 2 is 0.721 bits per heavy atom. The normalized spacial score (nSPS) is 11.9. The molecule has 6 rings (SSSR count). The molecule has 0 radical (unpaired) electrons. The molecule has 61 heavy (non-hydrogen) atoms. The summed E-state index contributed by atoms with van der Waals surface area (Å²) >= 11 is 28.6. The number of nitrogens with one attached hydrogen (secondary N) is 1. The summed E-state index contributed by atoms with van der Waals surface area (Å²) in [6, 6.07) is 42.6. The number of halogens is 7. The molecule has 0 heterocycles. The standard InChI is InChI=1S/C26H28Br2ClN.C20H27N.C6H2Br2ClI/c1-25(2,3)17-7-11-20(12-8-17)30(23-16-19(29)15-22(27)24(23)28)21-13-9-18(10-14-21)26(4,5)6;1-19(2,3)15-7-11-17(12-8-15)21-18-13-9-16(10-14-18)20(4,5)6;7-4-1-3(9)2-5(10)6(4)8/h7-16H,1-6H3;7-14,21H,1-6H3;1-2H. The van der Waals surface area contributed by atoms with Crippen LogP contribution < -0.4 is 10.2 Å². The maximum atomic E-state index is 6.43. The smallest absolute Gasteiger partial charge is 0.0630 e. The van der Waals surface area contributed by atoms with Crippen LogP contribution in [0.2, 0.25) is 10.0 Å². The first-order valence-corrected chi connectivity index (χ1v) is 25.1. The fourth-order valence-electron chi connectivity index (χ4n) is 6.15. The van der Waals surface area contributed by atoms with Crippen LogP contribution in [0.4, 0.5) is 28.4 Å². The minimum Gasteiger partial charge on any atom is -0.356 e. The molecule has 1 N–H and O–H groups in total. The lowest BCUT2D eigenvalue weighted by atomic mass is 9.86. The molecule has 0 aliphatic heterocycles. The van der Waals surface area contributed by atoms with Crippen molar-refractivity contribution in [2.75, 3.05) is 10.2 Å². The van der Waals surface area contributed by atoms with Crippen LogP contribution >= 0.6 is 110 Å². The van der Waals surface area contributed by atoms with Crippen LogP contribution in [0, 0.1) is 3.57 Å². The van der Waals surface area contributed by atoms with Crippen molar-refractivity contribution in [2.45, 2.75) is 105 Å². The highest BCUT2D eigenvalue weighted by molar-refractivity contribution is 14.1. The van der Waals surface area contributed by atoms with E-state index in [-0.39, 0.29) is 21.7 Å². The summed E-state index contributed by atoms with van der Waals surface area (Å²) in [7, 11) is 0. The molecule has 6 aromatic rings. The maximum Gasteiger partial charge on any atom is 0.0630 e. The van der Waals surface area contributed by atoms with Gasteiger partial charge in [0.15, 0.2) is 0 Å². The highest BCUT2D eigenvalue weighted by Crippen LogP contribution is 2.44. The van der Waals surface area contributed by atoms with Gasteiger partial charge in [0.1, 0.15) is 0 Å². The first kappa shape index (κ1) is 51.8. The van der Waals surface area contributed by atoms with Crippen molar-refractivity contribution in [2.24, 2.45) is 0 Å². The van der Waals surface area contributed by atoms with Gasteiger partial charge in [-0.05, 0) is 203 Å². The van der Waals surface area contributed by atoms with Gasteiger partial charge in [-0.2, -0.15) is 0 Å². The lowest BCUT2D eigenvalue weighted by molar-refractivity contribution is 0.590. The Labute approximate surface area is 423 Å². The van der Waals surface area contributed by atoms with E-state index in [1.165, 1.54) is 22.3 Å². The summed E-state index contributed by atoms with van der Waals surface area (Å²) in [5, 5.41) is 4.89. The molecule has 324 valence electrons. The van der Waals surface area contributed by atoms with Gasteiger partial charge in [-0.25, -0.2) is 0 Å². The number of anilines is 5. The maximum absolute atomic E-state index is 6.43. The molecule has 2 nitrogen and oxygen atoms in total. The Morgan fingerprint density at radius 3 is 1.03 bits per heavy atom. The summed E-state index contributed by atoms with van der Waals surface area (Å²) in [6.45, 7) is 26.8. The van der Waals surface area contributed by atoms with E-state index in [0.717, 1.165) is 54.9 Å². The molecule has 6 aromatic carbocycles. The summed E-state index contributed by atoms with van der Waals surface area (Å²) < 4.78 is 5.04. The third-order valence-electron chi connectivity index (χ3n) is 9.94. The summed E-state index contributed by atoms with van der Waals surface area (Å²) in [6.07, 6.45) is 0. The van der Waals surface area contributed by atoms with Gasteiger partial charge in [-0.1, -0.05) is 155 Å². The van der Waals surface area contributed by atoms with Crippen LogP contribution in [0.3, 0.4) is 0 Å². The van der Waals surface area contributed by atoms with Crippen molar-refractivity contribution in [1.29, 1.82) is 0 Å². The number of rotatable bonds is 5. The van der Waals surface area contributed by atoms with Gasteiger partial charge in [0, 0.05) is 49.8 Å².